The number of rotatable bonds is 2. The molecule has 21 heavy (non-hydrogen) atoms. The molecule has 0 saturated carbocycles. The van der Waals surface area contributed by atoms with Gasteiger partial charge in [0.2, 0.25) is 0 Å². The summed E-state index contributed by atoms with van der Waals surface area (Å²) in [6.07, 6.45) is 3.00. The molecule has 0 aliphatic carbocycles. The predicted molar refractivity (Wildman–Crippen MR) is 77.4 cm³/mol. The molecule has 3 heterocycles. The van der Waals surface area contributed by atoms with Gasteiger partial charge >= 0.3 is 12.0 Å². The van der Waals surface area contributed by atoms with Crippen molar-refractivity contribution in [3.05, 3.63) is 23.0 Å². The maximum Gasteiger partial charge on any atom is 0.357 e. The van der Waals surface area contributed by atoms with Crippen LogP contribution >= 0.6 is 11.3 Å². The number of nitrogens with zero attached hydrogens (tertiary/aromatic N) is 3. The second kappa shape index (κ2) is 5.36. The number of imidazole rings is 1. The first-order valence-electron chi connectivity index (χ1n) is 6.74. The Balaban J connectivity index is 1.75. The van der Waals surface area contributed by atoms with Gasteiger partial charge in [0.1, 0.15) is 6.10 Å². The van der Waals surface area contributed by atoms with E-state index in [4.69, 9.17) is 10.5 Å². The van der Waals surface area contributed by atoms with Gasteiger partial charge in [-0.05, 0) is 19.8 Å². The van der Waals surface area contributed by atoms with Crippen molar-refractivity contribution in [1.29, 1.82) is 0 Å². The zero-order valence-electron chi connectivity index (χ0n) is 11.6. The van der Waals surface area contributed by atoms with Crippen LogP contribution in [0.5, 0.6) is 0 Å². The molecular weight excluding hydrogens is 292 g/mol. The number of hydrogen-bond donors (Lipinski definition) is 1. The largest absolute Gasteiger partial charge is 0.456 e. The summed E-state index contributed by atoms with van der Waals surface area (Å²) < 4.78 is 7.26. The molecule has 0 radical (unpaired) electrons. The van der Waals surface area contributed by atoms with Gasteiger partial charge < -0.3 is 15.4 Å². The Bertz CT molecular complexity index is 693. The van der Waals surface area contributed by atoms with Gasteiger partial charge in [-0.3, -0.25) is 4.40 Å². The zero-order chi connectivity index (χ0) is 15.0. The number of esters is 1. The molecule has 8 heteroatoms. The number of urea groups is 1. The van der Waals surface area contributed by atoms with Gasteiger partial charge in [0.15, 0.2) is 10.7 Å². The number of amides is 2. The normalized spacial score (nSPS) is 18.9. The third kappa shape index (κ3) is 2.58. The van der Waals surface area contributed by atoms with Crippen molar-refractivity contribution in [1.82, 2.24) is 14.3 Å². The van der Waals surface area contributed by atoms with Crippen LogP contribution in [-0.4, -0.2) is 45.5 Å². The molecule has 1 fully saturated rings. The van der Waals surface area contributed by atoms with Crippen LogP contribution in [0.1, 0.15) is 29.0 Å². The second-order valence-corrected chi connectivity index (χ2v) is 5.93. The fourth-order valence-electron chi connectivity index (χ4n) is 2.58. The van der Waals surface area contributed by atoms with E-state index in [2.05, 4.69) is 4.98 Å². The number of fused-ring (bicyclic) bond motifs is 1. The molecule has 1 aliphatic heterocycles. The van der Waals surface area contributed by atoms with Crippen LogP contribution in [0, 0.1) is 6.92 Å². The molecule has 1 aliphatic rings. The lowest BCUT2D eigenvalue weighted by molar-refractivity contribution is 0.0120. The number of carbonyl (C=O) groups excluding carboxylic acids is 2. The molecule has 7 nitrogen and oxygen atoms in total. The van der Waals surface area contributed by atoms with Crippen LogP contribution in [-0.2, 0) is 4.74 Å². The average Bonchev–Trinajstić information content (AvgIpc) is 2.98. The standard InChI is InChI=1S/C13H16N4O3S/c1-8-10(17-5-6-21-13(17)15-8)11(18)20-9-3-2-4-16(7-9)12(14)19/h5-6,9H,2-4,7H2,1H3,(H2,14,19). The maximum atomic E-state index is 12.4. The molecule has 0 aromatic carbocycles. The number of likely N-dealkylation sites (tertiary alicyclic amines) is 1. The highest BCUT2D eigenvalue weighted by Gasteiger charge is 2.27. The van der Waals surface area contributed by atoms with Crippen LogP contribution in [0.2, 0.25) is 0 Å². The number of thiazole rings is 1. The topological polar surface area (TPSA) is 89.9 Å². The third-order valence-corrected chi connectivity index (χ3v) is 4.35. The van der Waals surface area contributed by atoms with Crippen molar-refractivity contribution in [2.24, 2.45) is 5.73 Å². The molecule has 2 aromatic rings. The number of carbonyl (C=O) groups is 2. The molecule has 3 rings (SSSR count). The first-order valence-corrected chi connectivity index (χ1v) is 7.61. The highest BCUT2D eigenvalue weighted by Crippen LogP contribution is 2.20. The quantitative estimate of drug-likeness (QED) is 0.849. The smallest absolute Gasteiger partial charge is 0.357 e. The minimum absolute atomic E-state index is 0.317. The highest BCUT2D eigenvalue weighted by atomic mass is 32.1. The van der Waals surface area contributed by atoms with Gasteiger partial charge in [-0.1, -0.05) is 0 Å². The fourth-order valence-corrected chi connectivity index (χ4v) is 3.34. The highest BCUT2D eigenvalue weighted by molar-refractivity contribution is 7.15. The average molecular weight is 308 g/mol. The predicted octanol–water partition coefficient (Wildman–Crippen LogP) is 1.40. The summed E-state index contributed by atoms with van der Waals surface area (Å²) in [5.74, 6) is -0.408. The molecule has 2 amide bonds. The van der Waals surface area contributed by atoms with Gasteiger partial charge in [0.05, 0.1) is 12.2 Å². The number of nitrogens with two attached hydrogens (primary N) is 1. The van der Waals surface area contributed by atoms with Crippen LogP contribution in [0.15, 0.2) is 11.6 Å². The summed E-state index contributed by atoms with van der Waals surface area (Å²) in [5, 5.41) is 1.87. The Hall–Kier alpha value is -2.09. The van der Waals surface area contributed by atoms with E-state index in [1.807, 2.05) is 5.38 Å². The molecule has 0 bridgehead atoms. The Morgan fingerprint density at radius 1 is 1.52 bits per heavy atom. The van der Waals surface area contributed by atoms with Crippen molar-refractivity contribution >= 4 is 28.3 Å². The van der Waals surface area contributed by atoms with Gasteiger partial charge in [-0.15, -0.1) is 11.3 Å². The fraction of sp³-hybridized carbons (Fsp3) is 0.462. The van der Waals surface area contributed by atoms with Crippen molar-refractivity contribution < 1.29 is 14.3 Å². The Morgan fingerprint density at radius 2 is 2.33 bits per heavy atom. The van der Waals surface area contributed by atoms with Gasteiger partial charge in [-0.25, -0.2) is 14.6 Å². The molecule has 1 atom stereocenters. The number of aryl methyl sites for hydroxylation is 1. The first-order chi connectivity index (χ1) is 10.1. The zero-order valence-corrected chi connectivity index (χ0v) is 12.4. The van der Waals surface area contributed by atoms with Gasteiger partial charge in [0.25, 0.3) is 0 Å². The number of aromatic nitrogens is 2. The van der Waals surface area contributed by atoms with Crippen molar-refractivity contribution in [3.8, 4) is 0 Å². The molecule has 112 valence electrons. The van der Waals surface area contributed by atoms with E-state index in [-0.39, 0.29) is 6.10 Å². The number of piperidine rings is 1. The lowest BCUT2D eigenvalue weighted by Gasteiger charge is -2.31. The van der Waals surface area contributed by atoms with E-state index >= 15 is 0 Å². The lowest BCUT2D eigenvalue weighted by atomic mass is 10.1. The number of ether oxygens (including phenoxy) is 1. The van der Waals surface area contributed by atoms with Gasteiger partial charge in [-0.2, -0.15) is 0 Å². The molecule has 0 spiro atoms. The third-order valence-electron chi connectivity index (χ3n) is 3.59. The van der Waals surface area contributed by atoms with Crippen LogP contribution < -0.4 is 5.73 Å². The number of hydrogen-bond acceptors (Lipinski definition) is 5. The van der Waals surface area contributed by atoms with E-state index in [0.29, 0.717) is 24.5 Å². The minimum atomic E-state index is -0.475. The van der Waals surface area contributed by atoms with E-state index in [1.165, 1.54) is 16.2 Å². The summed E-state index contributed by atoms with van der Waals surface area (Å²) in [7, 11) is 0. The summed E-state index contributed by atoms with van der Waals surface area (Å²) in [5.41, 5.74) is 6.37. The van der Waals surface area contributed by atoms with Crippen LogP contribution in [0.3, 0.4) is 0 Å². The second-order valence-electron chi connectivity index (χ2n) is 5.06. The molecular formula is C13H16N4O3S. The van der Waals surface area contributed by atoms with Crippen LogP contribution in [0.25, 0.3) is 4.96 Å². The summed E-state index contributed by atoms with van der Waals surface area (Å²) in [6.45, 7) is 2.75. The Labute approximate surface area is 125 Å². The molecule has 2 aromatic heterocycles. The number of primary amides is 1. The van der Waals surface area contributed by atoms with Crippen molar-refractivity contribution in [2.75, 3.05) is 13.1 Å². The summed E-state index contributed by atoms with van der Waals surface area (Å²) in [4.78, 5) is 30.2. The van der Waals surface area contributed by atoms with Crippen molar-refractivity contribution in [2.45, 2.75) is 25.9 Å². The van der Waals surface area contributed by atoms with E-state index in [1.54, 1.807) is 17.5 Å². The SMILES string of the molecule is Cc1nc2sccn2c1C(=O)OC1CCCN(C(N)=O)C1. The van der Waals surface area contributed by atoms with E-state index in [9.17, 15) is 9.59 Å². The van der Waals surface area contributed by atoms with E-state index in [0.717, 1.165) is 17.8 Å². The molecule has 2 N–H and O–H groups in total. The lowest BCUT2D eigenvalue weighted by Crippen LogP contribution is -2.46. The Kier molecular flexibility index (Phi) is 3.54. The summed E-state index contributed by atoms with van der Waals surface area (Å²) in [6, 6.07) is -0.475. The maximum absolute atomic E-state index is 12.4. The Morgan fingerprint density at radius 3 is 3.10 bits per heavy atom. The van der Waals surface area contributed by atoms with Gasteiger partial charge in [0, 0.05) is 18.1 Å². The van der Waals surface area contributed by atoms with Crippen molar-refractivity contribution in [3.63, 3.8) is 0 Å². The summed E-state index contributed by atoms with van der Waals surface area (Å²) >= 11 is 1.46. The molecule has 1 saturated heterocycles. The molecule has 1 unspecified atom stereocenters. The first kappa shape index (κ1) is 13.9. The van der Waals surface area contributed by atoms with E-state index < -0.39 is 12.0 Å². The monoisotopic (exact) mass is 308 g/mol. The minimum Gasteiger partial charge on any atom is -0.456 e. The van der Waals surface area contributed by atoms with Crippen LogP contribution in [0.4, 0.5) is 4.79 Å².